The van der Waals surface area contributed by atoms with Crippen LogP contribution in [0.5, 0.6) is 0 Å². The van der Waals surface area contributed by atoms with Crippen LogP contribution in [0.3, 0.4) is 0 Å². The normalized spacial score (nSPS) is 21.7. The van der Waals surface area contributed by atoms with E-state index in [1.165, 1.54) is 5.56 Å². The molecule has 1 aliphatic heterocycles. The van der Waals surface area contributed by atoms with Gasteiger partial charge < -0.3 is 15.0 Å². The van der Waals surface area contributed by atoms with E-state index in [1.807, 2.05) is 10.6 Å². The first-order valence-corrected chi connectivity index (χ1v) is 7.38. The van der Waals surface area contributed by atoms with E-state index in [4.69, 9.17) is 15.9 Å². The van der Waals surface area contributed by atoms with Crippen LogP contribution >= 0.6 is 0 Å². The lowest BCUT2D eigenvalue weighted by Crippen LogP contribution is -2.36. The summed E-state index contributed by atoms with van der Waals surface area (Å²) in [6.45, 7) is 1.39. The van der Waals surface area contributed by atoms with Crippen molar-refractivity contribution in [3.63, 3.8) is 0 Å². The van der Waals surface area contributed by atoms with Crippen LogP contribution in [-0.4, -0.2) is 23.1 Å². The Hall–Kier alpha value is -1.62. The predicted molar refractivity (Wildman–Crippen MR) is 77.3 cm³/mol. The number of nitrogens with zero attached hydrogens (tertiary/aromatic N) is 1. The minimum Gasteiger partial charge on any atom is -0.384 e. The molecule has 0 aromatic carbocycles. The van der Waals surface area contributed by atoms with E-state index < -0.39 is 0 Å². The summed E-state index contributed by atoms with van der Waals surface area (Å²) in [5.74, 6) is -0.135. The molecule has 2 heterocycles. The van der Waals surface area contributed by atoms with Gasteiger partial charge in [0.2, 0.25) is 0 Å². The van der Waals surface area contributed by atoms with Gasteiger partial charge in [0, 0.05) is 12.3 Å². The average Bonchev–Trinajstić information content (AvgIpc) is 2.94. The summed E-state index contributed by atoms with van der Waals surface area (Å²) < 4.78 is 7.48. The number of aryl methyl sites for hydroxylation is 1. The molecule has 1 saturated heterocycles. The Morgan fingerprint density at radius 2 is 2.20 bits per heavy atom. The average molecular weight is 275 g/mol. The minimum atomic E-state index is -0.135. The third-order valence-corrected chi connectivity index (χ3v) is 4.30. The number of nitrogens with one attached hydrogen (secondary N) is 1. The molecular weight excluding hydrogens is 254 g/mol. The number of rotatable bonds is 3. The van der Waals surface area contributed by atoms with Crippen LogP contribution in [0, 0.1) is 5.41 Å². The quantitative estimate of drug-likeness (QED) is 0.642. The molecule has 1 atom stereocenters. The fraction of sp³-hybridized carbons (Fsp3) is 0.600. The molecule has 0 saturated carbocycles. The molecule has 1 fully saturated rings. The van der Waals surface area contributed by atoms with Gasteiger partial charge in [-0.25, -0.2) is 0 Å². The molecule has 3 N–H and O–H groups in total. The van der Waals surface area contributed by atoms with Crippen LogP contribution < -0.4 is 11.3 Å². The molecule has 1 aromatic heterocycles. The molecule has 3 rings (SSSR count). The van der Waals surface area contributed by atoms with Crippen molar-refractivity contribution >= 4 is 5.84 Å². The van der Waals surface area contributed by atoms with Gasteiger partial charge in [-0.15, -0.1) is 0 Å². The Kier molecular flexibility index (Phi) is 3.61. The van der Waals surface area contributed by atoms with Crippen molar-refractivity contribution in [1.29, 1.82) is 5.41 Å². The van der Waals surface area contributed by atoms with E-state index in [1.54, 1.807) is 0 Å². The first-order valence-electron chi connectivity index (χ1n) is 7.38. The lowest BCUT2D eigenvalue weighted by Gasteiger charge is -2.23. The van der Waals surface area contributed by atoms with Crippen LogP contribution in [0.25, 0.3) is 0 Å². The molecule has 2 aliphatic rings. The molecule has 108 valence electrons. The van der Waals surface area contributed by atoms with Crippen molar-refractivity contribution in [3.8, 4) is 0 Å². The molecule has 5 nitrogen and oxygen atoms in total. The fourth-order valence-electron chi connectivity index (χ4n) is 3.26. The number of nitrogens with two attached hydrogens (primary N) is 1. The zero-order chi connectivity index (χ0) is 14.1. The van der Waals surface area contributed by atoms with Gasteiger partial charge in [-0.3, -0.25) is 10.2 Å². The first-order chi connectivity index (χ1) is 9.66. The maximum Gasteiger partial charge on any atom is 0.261 e. The van der Waals surface area contributed by atoms with Crippen molar-refractivity contribution in [2.45, 2.75) is 51.2 Å². The highest BCUT2D eigenvalue weighted by molar-refractivity contribution is 5.94. The van der Waals surface area contributed by atoms with E-state index in [9.17, 15) is 4.79 Å². The molecule has 0 radical (unpaired) electrons. The lowest BCUT2D eigenvalue weighted by molar-refractivity contribution is 0.0952. The molecule has 20 heavy (non-hydrogen) atoms. The van der Waals surface area contributed by atoms with Crippen LogP contribution in [0.4, 0.5) is 0 Å². The van der Waals surface area contributed by atoms with Crippen molar-refractivity contribution in [2.75, 3.05) is 6.61 Å². The van der Waals surface area contributed by atoms with Gasteiger partial charge >= 0.3 is 0 Å². The van der Waals surface area contributed by atoms with Crippen LogP contribution in [0.15, 0.2) is 10.9 Å². The van der Waals surface area contributed by atoms with Crippen LogP contribution in [0.1, 0.15) is 42.5 Å². The number of ether oxygens (including phenoxy) is 1. The highest BCUT2D eigenvalue weighted by Gasteiger charge is 2.23. The summed E-state index contributed by atoms with van der Waals surface area (Å²) in [4.78, 5) is 12.6. The number of fused-ring (bicyclic) bond motifs is 1. The smallest absolute Gasteiger partial charge is 0.261 e. The molecule has 5 heteroatoms. The Morgan fingerprint density at radius 1 is 1.40 bits per heavy atom. The van der Waals surface area contributed by atoms with Crippen molar-refractivity contribution in [3.05, 3.63) is 33.2 Å². The second-order valence-corrected chi connectivity index (χ2v) is 5.70. The zero-order valence-corrected chi connectivity index (χ0v) is 11.7. The standard InChI is InChI=1S/C15H21N3O2/c16-14(17)12-8-10-4-1-2-6-13(10)18(15(12)19)9-11-5-3-7-20-11/h8,11H,1-7,9H2,(H3,16,17). The SMILES string of the molecule is N=C(N)c1cc2c(n(CC3CCCO3)c1=O)CCCC2. The molecule has 1 unspecified atom stereocenters. The summed E-state index contributed by atoms with van der Waals surface area (Å²) in [5.41, 5.74) is 8.08. The van der Waals surface area contributed by atoms with Gasteiger partial charge in [0.15, 0.2) is 0 Å². The summed E-state index contributed by atoms with van der Waals surface area (Å²) in [5, 5.41) is 7.61. The Morgan fingerprint density at radius 3 is 2.90 bits per heavy atom. The second-order valence-electron chi connectivity index (χ2n) is 5.70. The molecular formula is C15H21N3O2. The topological polar surface area (TPSA) is 81.1 Å². The van der Waals surface area contributed by atoms with Gasteiger partial charge in [0.1, 0.15) is 5.84 Å². The van der Waals surface area contributed by atoms with Crippen molar-refractivity contribution in [2.24, 2.45) is 5.73 Å². The van der Waals surface area contributed by atoms with Gasteiger partial charge in [-0.05, 0) is 50.2 Å². The Balaban J connectivity index is 2.06. The number of nitrogen functional groups attached to an aromatic ring is 1. The van der Waals surface area contributed by atoms with Crippen molar-refractivity contribution < 1.29 is 4.74 Å². The van der Waals surface area contributed by atoms with Crippen LogP contribution in [-0.2, 0) is 24.1 Å². The third-order valence-electron chi connectivity index (χ3n) is 4.30. The Bertz CT molecular complexity index is 586. The zero-order valence-electron chi connectivity index (χ0n) is 11.7. The number of pyridine rings is 1. The summed E-state index contributed by atoms with van der Waals surface area (Å²) in [7, 11) is 0. The number of hydrogen-bond donors (Lipinski definition) is 2. The van der Waals surface area contributed by atoms with Gasteiger partial charge in [-0.2, -0.15) is 0 Å². The summed E-state index contributed by atoms with van der Waals surface area (Å²) >= 11 is 0. The van der Waals surface area contributed by atoms with Gasteiger partial charge in [-0.1, -0.05) is 0 Å². The largest absolute Gasteiger partial charge is 0.384 e. The summed E-state index contributed by atoms with van der Waals surface area (Å²) in [6, 6.07) is 1.82. The van der Waals surface area contributed by atoms with Gasteiger partial charge in [0.05, 0.1) is 18.2 Å². The fourth-order valence-corrected chi connectivity index (χ4v) is 3.26. The monoisotopic (exact) mass is 275 g/mol. The highest BCUT2D eigenvalue weighted by Crippen LogP contribution is 2.22. The van der Waals surface area contributed by atoms with E-state index in [0.29, 0.717) is 12.1 Å². The van der Waals surface area contributed by atoms with E-state index in [0.717, 1.165) is 50.8 Å². The van der Waals surface area contributed by atoms with Gasteiger partial charge in [0.25, 0.3) is 5.56 Å². The lowest BCUT2D eigenvalue weighted by atomic mass is 9.94. The maximum absolute atomic E-state index is 12.6. The molecule has 0 amide bonds. The molecule has 1 aliphatic carbocycles. The van der Waals surface area contributed by atoms with E-state index in [-0.39, 0.29) is 17.5 Å². The number of aromatic nitrogens is 1. The number of amidine groups is 1. The minimum absolute atomic E-state index is 0.126. The molecule has 1 aromatic rings. The van der Waals surface area contributed by atoms with Crippen LogP contribution in [0.2, 0.25) is 0 Å². The molecule has 0 bridgehead atoms. The Labute approximate surface area is 118 Å². The second kappa shape index (κ2) is 5.40. The number of hydrogen-bond acceptors (Lipinski definition) is 3. The molecule has 0 spiro atoms. The highest BCUT2D eigenvalue weighted by atomic mass is 16.5. The third kappa shape index (κ3) is 2.38. The summed E-state index contributed by atoms with van der Waals surface area (Å²) in [6.07, 6.45) is 6.37. The maximum atomic E-state index is 12.6. The van der Waals surface area contributed by atoms with E-state index >= 15 is 0 Å². The predicted octanol–water partition coefficient (Wildman–Crippen LogP) is 1.19. The van der Waals surface area contributed by atoms with Crippen molar-refractivity contribution in [1.82, 2.24) is 4.57 Å². The van der Waals surface area contributed by atoms with E-state index in [2.05, 4.69) is 0 Å². The first kappa shape index (κ1) is 13.4.